The Labute approximate surface area is 109 Å². The highest BCUT2D eigenvalue weighted by Gasteiger charge is 2.21. The molecule has 0 radical (unpaired) electrons. The zero-order chi connectivity index (χ0) is 12.4. The van der Waals surface area contributed by atoms with Gasteiger partial charge in [-0.3, -0.25) is 14.4 Å². The van der Waals surface area contributed by atoms with Crippen molar-refractivity contribution in [2.75, 3.05) is 19.6 Å². The third kappa shape index (κ3) is 2.94. The predicted octanol–water partition coefficient (Wildman–Crippen LogP) is 0.788. The Bertz CT molecular complexity index is 390. The first-order valence-corrected chi connectivity index (χ1v) is 6.56. The number of nitrogens with zero attached hydrogens (tertiary/aromatic N) is 3. The van der Waals surface area contributed by atoms with Gasteiger partial charge in [0.2, 0.25) is 0 Å². The summed E-state index contributed by atoms with van der Waals surface area (Å²) in [6.07, 6.45) is 3.60. The summed E-state index contributed by atoms with van der Waals surface area (Å²) in [4.78, 5) is 14.3. The third-order valence-corrected chi connectivity index (χ3v) is 3.74. The fourth-order valence-corrected chi connectivity index (χ4v) is 2.68. The lowest BCUT2D eigenvalue weighted by Crippen LogP contribution is -2.42. The summed E-state index contributed by atoms with van der Waals surface area (Å²) in [5, 5.41) is 4.05. The van der Waals surface area contributed by atoms with Crippen LogP contribution in [0.4, 0.5) is 0 Å². The number of carbonyl (C=O) groups is 1. The Balaban J connectivity index is 1.98. The van der Waals surface area contributed by atoms with E-state index in [0.717, 1.165) is 30.4 Å². The Morgan fingerprint density at radius 2 is 2.24 bits per heavy atom. The maximum atomic E-state index is 12.1. The zero-order valence-electron chi connectivity index (χ0n) is 9.90. The lowest BCUT2D eigenvalue weighted by Gasteiger charge is -2.29. The number of rotatable bonds is 3. The van der Waals surface area contributed by atoms with Crippen LogP contribution >= 0.6 is 15.9 Å². The number of halogens is 1. The largest absolute Gasteiger partial charge is 0.328 e. The topological polar surface area (TPSA) is 64.2 Å². The lowest BCUT2D eigenvalue weighted by molar-refractivity contribution is 0.0900. The minimum atomic E-state index is 0.104. The van der Waals surface area contributed by atoms with E-state index in [2.05, 4.69) is 25.9 Å². The van der Waals surface area contributed by atoms with E-state index < -0.39 is 0 Å². The number of hydrogen-bond acceptors (Lipinski definition) is 4. The van der Waals surface area contributed by atoms with Gasteiger partial charge < -0.3 is 5.73 Å². The molecule has 0 spiro atoms. The smallest absolute Gasteiger partial charge is 0.195 e. The Morgan fingerprint density at radius 1 is 1.59 bits per heavy atom. The summed E-state index contributed by atoms with van der Waals surface area (Å²) in [5.74, 6) is 0.104. The van der Waals surface area contributed by atoms with Gasteiger partial charge in [0, 0.05) is 26.2 Å². The number of nitrogens with two attached hydrogens (primary N) is 1. The first-order valence-electron chi connectivity index (χ1n) is 5.76. The summed E-state index contributed by atoms with van der Waals surface area (Å²) >= 11 is 3.35. The van der Waals surface area contributed by atoms with Gasteiger partial charge in [-0.15, -0.1) is 0 Å². The number of likely N-dealkylation sites (tertiary alicyclic amines) is 1. The highest BCUT2D eigenvalue weighted by atomic mass is 79.9. The molecule has 0 unspecified atom stereocenters. The molecule has 2 heterocycles. The summed E-state index contributed by atoms with van der Waals surface area (Å²) in [7, 11) is 1.78. The van der Waals surface area contributed by atoms with E-state index in [9.17, 15) is 4.79 Å². The standard InChI is InChI=1S/C11H17BrN4O/c1-15-11(9(12)6-14-15)10(17)7-16-4-2-8(13)3-5-16/h6,8H,2-5,7,13H2,1H3. The molecule has 2 rings (SSSR count). The molecule has 0 bridgehead atoms. The molecule has 1 aliphatic rings. The van der Waals surface area contributed by atoms with Crippen molar-refractivity contribution in [1.29, 1.82) is 0 Å². The molecule has 94 valence electrons. The molecule has 0 saturated carbocycles. The van der Waals surface area contributed by atoms with Gasteiger partial charge in [-0.25, -0.2) is 0 Å². The van der Waals surface area contributed by atoms with Crippen molar-refractivity contribution in [3.05, 3.63) is 16.4 Å². The lowest BCUT2D eigenvalue weighted by atomic mass is 10.1. The Kier molecular flexibility index (Phi) is 3.96. The van der Waals surface area contributed by atoms with Crippen molar-refractivity contribution in [2.24, 2.45) is 12.8 Å². The Hall–Kier alpha value is -0.720. The molecular weight excluding hydrogens is 284 g/mol. The van der Waals surface area contributed by atoms with Crippen LogP contribution in [0.25, 0.3) is 0 Å². The maximum Gasteiger partial charge on any atom is 0.195 e. The number of hydrogen-bond donors (Lipinski definition) is 1. The van der Waals surface area contributed by atoms with Gasteiger partial charge in [-0.2, -0.15) is 5.10 Å². The summed E-state index contributed by atoms with van der Waals surface area (Å²) in [6.45, 7) is 2.26. The molecule has 1 saturated heterocycles. The summed E-state index contributed by atoms with van der Waals surface area (Å²) < 4.78 is 2.38. The van der Waals surface area contributed by atoms with Crippen LogP contribution in [0.2, 0.25) is 0 Å². The first-order chi connectivity index (χ1) is 8.08. The van der Waals surface area contributed by atoms with Gasteiger partial charge in [-0.1, -0.05) is 0 Å². The number of piperidine rings is 1. The van der Waals surface area contributed by atoms with Crippen molar-refractivity contribution in [1.82, 2.24) is 14.7 Å². The second kappa shape index (κ2) is 5.29. The van der Waals surface area contributed by atoms with E-state index in [1.165, 1.54) is 0 Å². The monoisotopic (exact) mass is 300 g/mol. The van der Waals surface area contributed by atoms with Crippen molar-refractivity contribution in [3.63, 3.8) is 0 Å². The van der Waals surface area contributed by atoms with Crippen LogP contribution in [-0.4, -0.2) is 46.1 Å². The average Bonchev–Trinajstić information content (AvgIpc) is 2.62. The molecule has 1 fully saturated rings. The van der Waals surface area contributed by atoms with E-state index in [1.807, 2.05) is 0 Å². The van der Waals surface area contributed by atoms with Gasteiger partial charge >= 0.3 is 0 Å². The van der Waals surface area contributed by atoms with Crippen LogP contribution in [0.3, 0.4) is 0 Å². The van der Waals surface area contributed by atoms with Crippen LogP contribution < -0.4 is 5.73 Å². The molecule has 0 atom stereocenters. The second-order valence-electron chi connectivity index (χ2n) is 4.50. The first kappa shape index (κ1) is 12.7. The molecular formula is C11H17BrN4O. The molecule has 17 heavy (non-hydrogen) atoms. The SMILES string of the molecule is Cn1ncc(Br)c1C(=O)CN1CCC(N)CC1. The van der Waals surface area contributed by atoms with Crippen molar-refractivity contribution < 1.29 is 4.79 Å². The van der Waals surface area contributed by atoms with Crippen LogP contribution in [0.15, 0.2) is 10.7 Å². The highest BCUT2D eigenvalue weighted by Crippen LogP contribution is 2.17. The number of ketones is 1. The van der Waals surface area contributed by atoms with E-state index in [4.69, 9.17) is 5.73 Å². The molecule has 1 aliphatic heterocycles. The highest BCUT2D eigenvalue weighted by molar-refractivity contribution is 9.10. The number of carbonyl (C=O) groups excluding carboxylic acids is 1. The van der Waals surface area contributed by atoms with Gasteiger partial charge in [0.05, 0.1) is 17.2 Å². The third-order valence-electron chi connectivity index (χ3n) is 3.16. The van der Waals surface area contributed by atoms with Gasteiger partial charge in [-0.05, 0) is 28.8 Å². The van der Waals surface area contributed by atoms with Crippen molar-refractivity contribution >= 4 is 21.7 Å². The molecule has 5 nitrogen and oxygen atoms in total. The van der Waals surface area contributed by atoms with Gasteiger partial charge in [0.25, 0.3) is 0 Å². The van der Waals surface area contributed by atoms with Crippen LogP contribution in [0.1, 0.15) is 23.3 Å². The number of Topliss-reactive ketones (excluding diaryl/α,β-unsaturated/α-hetero) is 1. The summed E-state index contributed by atoms with van der Waals surface area (Å²) in [6, 6.07) is 0.296. The van der Waals surface area contributed by atoms with Gasteiger partial charge in [0.15, 0.2) is 5.78 Å². The van der Waals surface area contributed by atoms with Crippen molar-refractivity contribution in [3.8, 4) is 0 Å². The minimum Gasteiger partial charge on any atom is -0.328 e. The van der Waals surface area contributed by atoms with E-state index >= 15 is 0 Å². The molecule has 2 N–H and O–H groups in total. The zero-order valence-corrected chi connectivity index (χ0v) is 11.5. The minimum absolute atomic E-state index is 0.104. The fourth-order valence-electron chi connectivity index (χ4n) is 2.11. The van der Waals surface area contributed by atoms with Gasteiger partial charge in [0.1, 0.15) is 5.69 Å². The molecule has 1 aromatic heterocycles. The van der Waals surface area contributed by atoms with Crippen LogP contribution in [0, 0.1) is 0 Å². The maximum absolute atomic E-state index is 12.1. The quantitative estimate of drug-likeness (QED) is 0.838. The van der Waals surface area contributed by atoms with E-state index in [1.54, 1.807) is 17.9 Å². The Morgan fingerprint density at radius 3 is 2.76 bits per heavy atom. The van der Waals surface area contributed by atoms with Crippen LogP contribution in [-0.2, 0) is 7.05 Å². The second-order valence-corrected chi connectivity index (χ2v) is 5.36. The fraction of sp³-hybridized carbons (Fsp3) is 0.636. The number of aryl methyl sites for hydroxylation is 1. The van der Waals surface area contributed by atoms with Crippen molar-refractivity contribution in [2.45, 2.75) is 18.9 Å². The van der Waals surface area contributed by atoms with Crippen LogP contribution in [0.5, 0.6) is 0 Å². The molecule has 6 heteroatoms. The normalized spacial score (nSPS) is 18.5. The number of aromatic nitrogens is 2. The molecule has 0 amide bonds. The molecule has 0 aromatic carbocycles. The molecule has 1 aromatic rings. The predicted molar refractivity (Wildman–Crippen MR) is 68.9 cm³/mol. The van der Waals surface area contributed by atoms with E-state index in [0.29, 0.717) is 18.3 Å². The molecule has 0 aliphatic carbocycles. The van der Waals surface area contributed by atoms with E-state index in [-0.39, 0.29) is 5.78 Å². The average molecular weight is 301 g/mol. The summed E-state index contributed by atoms with van der Waals surface area (Å²) in [5.41, 5.74) is 6.48.